The number of carboxylic acids is 2. The Bertz CT molecular complexity index is 567. The van der Waals surface area contributed by atoms with Gasteiger partial charge in [0.1, 0.15) is 0 Å². The van der Waals surface area contributed by atoms with Gasteiger partial charge < -0.3 is 20.1 Å². The summed E-state index contributed by atoms with van der Waals surface area (Å²) in [5.74, 6) is -3.67. The Morgan fingerprint density at radius 1 is 1.13 bits per heavy atom. The van der Waals surface area contributed by atoms with Crippen molar-refractivity contribution in [1.29, 1.82) is 0 Å². The second-order valence-corrected chi connectivity index (χ2v) is 5.21. The number of aliphatic carboxylic acids is 1. The van der Waals surface area contributed by atoms with Gasteiger partial charge in [-0.05, 0) is 25.0 Å². The molecule has 0 aliphatic rings. The van der Waals surface area contributed by atoms with E-state index >= 15 is 0 Å². The summed E-state index contributed by atoms with van der Waals surface area (Å²) in [7, 11) is 0. The Hall–Kier alpha value is -2.41. The predicted molar refractivity (Wildman–Crippen MR) is 80.3 cm³/mol. The van der Waals surface area contributed by atoms with Crippen LogP contribution in [0.2, 0.25) is 0 Å². The molecule has 0 bridgehead atoms. The van der Waals surface area contributed by atoms with Crippen LogP contribution in [0.15, 0.2) is 24.3 Å². The molecule has 0 radical (unpaired) electrons. The van der Waals surface area contributed by atoms with E-state index in [4.69, 9.17) is 14.9 Å². The molecule has 7 nitrogen and oxygen atoms in total. The molecule has 0 aliphatic carbocycles. The topological polar surface area (TPSA) is 121 Å². The van der Waals surface area contributed by atoms with Gasteiger partial charge in [-0.15, -0.1) is 0 Å². The zero-order valence-corrected chi connectivity index (χ0v) is 12.8. The van der Waals surface area contributed by atoms with Crippen molar-refractivity contribution in [3.8, 4) is 0 Å². The third-order valence-electron chi connectivity index (χ3n) is 3.37. The number of aromatic carboxylic acids is 1. The number of ether oxygens (including phenoxy) is 1. The summed E-state index contributed by atoms with van der Waals surface area (Å²) in [6.45, 7) is 1.56. The molecule has 1 aromatic rings. The van der Waals surface area contributed by atoms with Crippen LogP contribution in [0.3, 0.4) is 0 Å². The maximum absolute atomic E-state index is 12.0. The van der Waals surface area contributed by atoms with Crippen LogP contribution in [-0.4, -0.2) is 45.9 Å². The van der Waals surface area contributed by atoms with E-state index in [0.29, 0.717) is 6.42 Å². The zero-order chi connectivity index (χ0) is 17.4. The van der Waals surface area contributed by atoms with E-state index in [9.17, 15) is 19.5 Å². The van der Waals surface area contributed by atoms with Crippen LogP contribution in [0.5, 0.6) is 0 Å². The maximum atomic E-state index is 12.0. The highest BCUT2D eigenvalue weighted by Crippen LogP contribution is 2.16. The lowest BCUT2D eigenvalue weighted by Crippen LogP contribution is -2.22. The lowest BCUT2D eigenvalue weighted by molar-refractivity contribution is -0.138. The van der Waals surface area contributed by atoms with Crippen molar-refractivity contribution >= 4 is 17.9 Å². The number of esters is 1. The SMILES string of the molecule is CCC(O)CC(COC(=O)c1ccccc1C(=O)O)CC(=O)O. The molecular weight excluding hydrogens is 304 g/mol. The second-order valence-electron chi connectivity index (χ2n) is 5.21. The zero-order valence-electron chi connectivity index (χ0n) is 12.8. The first-order valence-corrected chi connectivity index (χ1v) is 7.24. The normalized spacial score (nSPS) is 13.1. The maximum Gasteiger partial charge on any atom is 0.339 e. The molecule has 1 rings (SSSR count). The molecule has 7 heteroatoms. The lowest BCUT2D eigenvalue weighted by Gasteiger charge is -2.18. The van der Waals surface area contributed by atoms with Crippen molar-refractivity contribution in [3.63, 3.8) is 0 Å². The summed E-state index contributed by atoms with van der Waals surface area (Å²) >= 11 is 0. The van der Waals surface area contributed by atoms with Crippen molar-refractivity contribution in [2.75, 3.05) is 6.61 Å². The summed E-state index contributed by atoms with van der Waals surface area (Å²) in [5.41, 5.74) is -0.272. The third-order valence-corrected chi connectivity index (χ3v) is 3.37. The van der Waals surface area contributed by atoms with Crippen molar-refractivity contribution in [2.45, 2.75) is 32.3 Å². The number of carbonyl (C=O) groups is 3. The molecule has 0 amide bonds. The summed E-state index contributed by atoms with van der Waals surface area (Å²) < 4.78 is 5.05. The molecule has 0 aliphatic heterocycles. The molecule has 0 heterocycles. The van der Waals surface area contributed by atoms with Gasteiger partial charge in [0.2, 0.25) is 0 Å². The fourth-order valence-electron chi connectivity index (χ4n) is 2.13. The van der Waals surface area contributed by atoms with E-state index in [1.807, 2.05) is 0 Å². The van der Waals surface area contributed by atoms with E-state index in [1.165, 1.54) is 24.3 Å². The van der Waals surface area contributed by atoms with Gasteiger partial charge in [0.25, 0.3) is 0 Å². The van der Waals surface area contributed by atoms with Gasteiger partial charge in [-0.2, -0.15) is 0 Å². The van der Waals surface area contributed by atoms with Gasteiger partial charge in [-0.3, -0.25) is 4.79 Å². The standard InChI is InChI=1S/C16H20O7/c1-2-11(17)7-10(8-14(18)19)9-23-16(22)13-6-4-3-5-12(13)15(20)21/h3-6,10-11,17H,2,7-9H2,1H3,(H,18,19)(H,20,21). The van der Waals surface area contributed by atoms with Gasteiger partial charge in [0.15, 0.2) is 0 Å². The minimum Gasteiger partial charge on any atom is -0.481 e. The summed E-state index contributed by atoms with van der Waals surface area (Å²) in [6, 6.07) is 5.62. The molecule has 0 fully saturated rings. The van der Waals surface area contributed by atoms with Crippen molar-refractivity contribution < 1.29 is 34.4 Å². The third kappa shape index (κ3) is 6.07. The van der Waals surface area contributed by atoms with Gasteiger partial charge in [-0.1, -0.05) is 19.1 Å². The number of hydrogen-bond donors (Lipinski definition) is 3. The molecule has 3 N–H and O–H groups in total. The van der Waals surface area contributed by atoms with Crippen LogP contribution in [0.25, 0.3) is 0 Å². The highest BCUT2D eigenvalue weighted by atomic mass is 16.5. The molecule has 0 saturated heterocycles. The number of carboxylic acid groups (broad SMARTS) is 2. The number of aliphatic hydroxyl groups excluding tert-OH is 1. The second kappa shape index (κ2) is 8.89. The smallest absolute Gasteiger partial charge is 0.339 e. The largest absolute Gasteiger partial charge is 0.481 e. The van der Waals surface area contributed by atoms with E-state index in [2.05, 4.69) is 0 Å². The number of aliphatic hydroxyl groups is 1. The summed E-state index contributed by atoms with van der Waals surface area (Å²) in [6.07, 6.45) is -0.266. The first-order chi connectivity index (χ1) is 10.8. The highest BCUT2D eigenvalue weighted by Gasteiger charge is 2.21. The molecule has 2 unspecified atom stereocenters. The number of rotatable bonds is 9. The average Bonchev–Trinajstić information content (AvgIpc) is 2.51. The summed E-state index contributed by atoms with van der Waals surface area (Å²) in [5, 5.41) is 27.5. The quantitative estimate of drug-likeness (QED) is 0.592. The van der Waals surface area contributed by atoms with E-state index in [0.717, 1.165) is 0 Å². The van der Waals surface area contributed by atoms with E-state index < -0.39 is 29.9 Å². The van der Waals surface area contributed by atoms with E-state index in [1.54, 1.807) is 6.92 Å². The van der Waals surface area contributed by atoms with Crippen LogP contribution in [-0.2, 0) is 9.53 Å². The van der Waals surface area contributed by atoms with Gasteiger partial charge in [-0.25, -0.2) is 9.59 Å². The fraction of sp³-hybridized carbons (Fsp3) is 0.438. The monoisotopic (exact) mass is 324 g/mol. The van der Waals surface area contributed by atoms with Gasteiger partial charge in [0.05, 0.1) is 30.3 Å². The molecule has 0 spiro atoms. The first kappa shape index (κ1) is 18.6. The van der Waals surface area contributed by atoms with Gasteiger partial charge >= 0.3 is 17.9 Å². The minimum absolute atomic E-state index is 0.0925. The number of carbonyl (C=O) groups excluding carboxylic acids is 1. The highest BCUT2D eigenvalue weighted by molar-refractivity contribution is 6.02. The summed E-state index contributed by atoms with van der Waals surface area (Å²) in [4.78, 5) is 33.9. The van der Waals surface area contributed by atoms with Crippen LogP contribution in [0.1, 0.15) is 46.9 Å². The average molecular weight is 324 g/mol. The van der Waals surface area contributed by atoms with Crippen LogP contribution in [0, 0.1) is 5.92 Å². The van der Waals surface area contributed by atoms with Crippen LogP contribution < -0.4 is 0 Å². The van der Waals surface area contributed by atoms with E-state index in [-0.39, 0.29) is 30.6 Å². The van der Waals surface area contributed by atoms with Gasteiger partial charge in [0, 0.05) is 5.92 Å². The Morgan fingerprint density at radius 2 is 1.74 bits per heavy atom. The molecule has 23 heavy (non-hydrogen) atoms. The Balaban J connectivity index is 2.75. The molecule has 0 aromatic heterocycles. The molecule has 1 aromatic carbocycles. The Labute approximate surface area is 133 Å². The molecule has 0 saturated carbocycles. The van der Waals surface area contributed by atoms with Crippen molar-refractivity contribution in [3.05, 3.63) is 35.4 Å². The van der Waals surface area contributed by atoms with Crippen molar-refractivity contribution in [2.24, 2.45) is 5.92 Å². The van der Waals surface area contributed by atoms with Crippen molar-refractivity contribution in [1.82, 2.24) is 0 Å². The predicted octanol–water partition coefficient (Wildman–Crippen LogP) is 1.79. The lowest BCUT2D eigenvalue weighted by atomic mass is 9.97. The molecule has 126 valence electrons. The number of hydrogen-bond acceptors (Lipinski definition) is 5. The Morgan fingerprint density at radius 3 is 2.26 bits per heavy atom. The van der Waals surface area contributed by atoms with Crippen LogP contribution >= 0.6 is 0 Å². The fourth-order valence-corrected chi connectivity index (χ4v) is 2.13. The Kier molecular flexibility index (Phi) is 7.21. The first-order valence-electron chi connectivity index (χ1n) is 7.24. The number of benzene rings is 1. The molecule has 2 atom stereocenters. The minimum atomic E-state index is -1.25. The van der Waals surface area contributed by atoms with Crippen LogP contribution in [0.4, 0.5) is 0 Å². The molecular formula is C16H20O7.